The summed E-state index contributed by atoms with van der Waals surface area (Å²) in [5, 5.41) is 6.77. The molecule has 1 aromatic heterocycles. The lowest BCUT2D eigenvalue weighted by Crippen LogP contribution is -2.33. The van der Waals surface area contributed by atoms with Crippen LogP contribution >= 0.6 is 11.6 Å². The van der Waals surface area contributed by atoms with Crippen LogP contribution in [-0.2, 0) is 11.0 Å². The molecule has 0 bridgehead atoms. The number of aromatic nitrogens is 3. The number of fused-ring (bicyclic) bond motifs is 1. The van der Waals surface area contributed by atoms with E-state index < -0.39 is 35.5 Å². The van der Waals surface area contributed by atoms with Gasteiger partial charge in [0.15, 0.2) is 5.78 Å². The molecule has 2 unspecified atom stereocenters. The number of allylic oxidation sites excluding steroid dienone is 2. The van der Waals surface area contributed by atoms with Gasteiger partial charge in [0.05, 0.1) is 0 Å². The van der Waals surface area contributed by atoms with Gasteiger partial charge in [0.2, 0.25) is 5.95 Å². The van der Waals surface area contributed by atoms with Gasteiger partial charge < -0.3 is 5.32 Å². The molecule has 1 aliphatic heterocycles. The Morgan fingerprint density at radius 2 is 1.76 bits per heavy atom. The number of hydrogen-bond acceptors (Lipinski definition) is 4. The van der Waals surface area contributed by atoms with Crippen LogP contribution in [0, 0.1) is 11.6 Å². The van der Waals surface area contributed by atoms with E-state index in [1.54, 1.807) is 24.3 Å². The van der Waals surface area contributed by atoms with E-state index in [4.69, 9.17) is 11.6 Å². The molecular weight excluding hydrogens is 467 g/mol. The first-order valence-corrected chi connectivity index (χ1v) is 10.3. The Morgan fingerprint density at radius 3 is 2.42 bits per heavy atom. The highest BCUT2D eigenvalue weighted by molar-refractivity contribution is 6.31. The lowest BCUT2D eigenvalue weighted by atomic mass is 9.78. The SMILES string of the molecule is O=C1CC(c2ccccc2Cl)CC2=C1C(c1cc(F)cc(F)c1)n1nc(C(F)(F)F)nc1N2. The first kappa shape index (κ1) is 21.6. The van der Waals surface area contributed by atoms with E-state index in [9.17, 15) is 26.7 Å². The van der Waals surface area contributed by atoms with Crippen molar-refractivity contribution in [3.8, 4) is 0 Å². The number of carbonyl (C=O) groups excluding carboxylic acids is 1. The molecule has 1 N–H and O–H groups in total. The number of hydrogen-bond donors (Lipinski definition) is 1. The Kier molecular flexibility index (Phi) is 5.00. The topological polar surface area (TPSA) is 59.8 Å². The summed E-state index contributed by atoms with van der Waals surface area (Å²) >= 11 is 6.29. The summed E-state index contributed by atoms with van der Waals surface area (Å²) in [5.41, 5.74) is 1.08. The molecule has 5 rings (SSSR count). The first-order chi connectivity index (χ1) is 15.6. The van der Waals surface area contributed by atoms with E-state index >= 15 is 0 Å². The number of nitrogens with one attached hydrogen (secondary N) is 1. The van der Waals surface area contributed by atoms with Crippen molar-refractivity contribution >= 4 is 23.3 Å². The summed E-state index contributed by atoms with van der Waals surface area (Å²) in [6, 6.07) is 8.28. The van der Waals surface area contributed by atoms with Gasteiger partial charge >= 0.3 is 6.18 Å². The summed E-state index contributed by atoms with van der Waals surface area (Å²) in [6.45, 7) is 0. The van der Waals surface area contributed by atoms with Gasteiger partial charge in [-0.15, -0.1) is 5.10 Å². The molecule has 3 aromatic rings. The highest BCUT2D eigenvalue weighted by Crippen LogP contribution is 2.45. The third-order valence-corrected chi connectivity index (χ3v) is 6.06. The molecule has 5 nitrogen and oxygen atoms in total. The van der Waals surface area contributed by atoms with Gasteiger partial charge in [0, 0.05) is 28.8 Å². The van der Waals surface area contributed by atoms with Gasteiger partial charge in [-0.3, -0.25) is 4.79 Å². The molecule has 0 fully saturated rings. The van der Waals surface area contributed by atoms with Crippen LogP contribution in [0.2, 0.25) is 5.02 Å². The predicted octanol–water partition coefficient (Wildman–Crippen LogP) is 5.64. The third-order valence-electron chi connectivity index (χ3n) is 5.72. The standard InChI is InChI=1S/C22H14ClF5N4O/c23-15-4-2-1-3-14(15)10-7-16-18(17(33)8-10)19(11-5-12(24)9-13(25)6-11)32-21(29-16)30-20(31-32)22(26,27)28/h1-6,9-10,19H,7-8H2,(H,29,30,31). The number of alkyl halides is 3. The molecule has 2 aliphatic rings. The Labute approximate surface area is 188 Å². The smallest absolute Gasteiger partial charge is 0.328 e. The number of rotatable bonds is 2. The number of nitrogens with zero attached hydrogens (tertiary/aromatic N) is 3. The summed E-state index contributed by atoms with van der Waals surface area (Å²) in [4.78, 5) is 16.8. The van der Waals surface area contributed by atoms with Gasteiger partial charge in [0.1, 0.15) is 17.7 Å². The van der Waals surface area contributed by atoms with Crippen molar-refractivity contribution in [2.24, 2.45) is 0 Å². The van der Waals surface area contributed by atoms with E-state index in [0.29, 0.717) is 16.8 Å². The van der Waals surface area contributed by atoms with Gasteiger partial charge in [-0.25, -0.2) is 13.5 Å². The second-order valence-electron chi connectivity index (χ2n) is 7.87. The van der Waals surface area contributed by atoms with Crippen LogP contribution in [0.1, 0.15) is 41.8 Å². The Bertz CT molecular complexity index is 1300. The Morgan fingerprint density at radius 1 is 1.06 bits per heavy atom. The maximum absolute atomic E-state index is 14.0. The first-order valence-electron chi connectivity index (χ1n) is 9.89. The minimum Gasteiger partial charge on any atom is -0.328 e. The molecule has 0 amide bonds. The lowest BCUT2D eigenvalue weighted by Gasteiger charge is -2.35. The fourth-order valence-electron chi connectivity index (χ4n) is 4.40. The molecule has 2 heterocycles. The van der Waals surface area contributed by atoms with Crippen molar-refractivity contribution in [3.63, 3.8) is 0 Å². The number of ketones is 1. The van der Waals surface area contributed by atoms with Crippen LogP contribution in [-0.4, -0.2) is 20.5 Å². The zero-order chi connectivity index (χ0) is 23.5. The van der Waals surface area contributed by atoms with E-state index in [2.05, 4.69) is 15.4 Å². The van der Waals surface area contributed by atoms with Gasteiger partial charge in [-0.05, 0) is 41.7 Å². The number of anilines is 1. The molecule has 0 saturated carbocycles. The van der Waals surface area contributed by atoms with Crippen LogP contribution < -0.4 is 5.32 Å². The van der Waals surface area contributed by atoms with Crippen LogP contribution in [0.15, 0.2) is 53.7 Å². The molecule has 0 saturated heterocycles. The molecule has 170 valence electrons. The molecule has 11 heteroatoms. The van der Waals surface area contributed by atoms with Crippen molar-refractivity contribution in [1.82, 2.24) is 14.8 Å². The van der Waals surface area contributed by atoms with Crippen molar-refractivity contribution in [3.05, 3.63) is 87.3 Å². The lowest BCUT2D eigenvalue weighted by molar-refractivity contribution is -0.145. The highest BCUT2D eigenvalue weighted by Gasteiger charge is 2.44. The van der Waals surface area contributed by atoms with Crippen molar-refractivity contribution in [1.29, 1.82) is 0 Å². The van der Waals surface area contributed by atoms with Crippen molar-refractivity contribution in [2.75, 3.05) is 5.32 Å². The quantitative estimate of drug-likeness (QED) is 0.482. The third kappa shape index (κ3) is 3.78. The van der Waals surface area contributed by atoms with Gasteiger partial charge in [0.25, 0.3) is 5.82 Å². The van der Waals surface area contributed by atoms with E-state index in [-0.39, 0.29) is 35.8 Å². The molecule has 33 heavy (non-hydrogen) atoms. The minimum absolute atomic E-state index is 0.0225. The summed E-state index contributed by atoms with van der Waals surface area (Å²) in [5.74, 6) is -4.29. The second kappa shape index (κ2) is 7.65. The number of Topliss-reactive ketones (excluding diaryl/α,β-unsaturated/α-hetero) is 1. The monoisotopic (exact) mass is 480 g/mol. The molecule has 2 atom stereocenters. The molecule has 0 radical (unpaired) electrons. The number of carbonyl (C=O) groups is 1. The van der Waals surface area contributed by atoms with Gasteiger partial charge in [-0.2, -0.15) is 18.2 Å². The number of halogens is 6. The fourth-order valence-corrected chi connectivity index (χ4v) is 4.69. The Hall–Kier alpha value is -3.27. The predicted molar refractivity (Wildman–Crippen MR) is 109 cm³/mol. The van der Waals surface area contributed by atoms with Crippen molar-refractivity contribution < 1.29 is 26.7 Å². The summed E-state index contributed by atoms with van der Waals surface area (Å²) in [6.07, 6.45) is -4.59. The van der Waals surface area contributed by atoms with Crippen LogP contribution in [0.3, 0.4) is 0 Å². The van der Waals surface area contributed by atoms with Crippen LogP contribution in [0.5, 0.6) is 0 Å². The second-order valence-corrected chi connectivity index (χ2v) is 8.28. The highest BCUT2D eigenvalue weighted by atomic mass is 35.5. The summed E-state index contributed by atoms with van der Waals surface area (Å²) < 4.78 is 68.8. The molecule has 2 aromatic carbocycles. The van der Waals surface area contributed by atoms with Crippen LogP contribution in [0.25, 0.3) is 0 Å². The normalized spacial score (nSPS) is 20.4. The maximum Gasteiger partial charge on any atom is 0.453 e. The maximum atomic E-state index is 14.0. The van der Waals surface area contributed by atoms with E-state index in [1.807, 2.05) is 0 Å². The average Bonchev–Trinajstić information content (AvgIpc) is 3.16. The Balaban J connectivity index is 1.66. The minimum atomic E-state index is -4.85. The average molecular weight is 481 g/mol. The zero-order valence-corrected chi connectivity index (χ0v) is 17.4. The van der Waals surface area contributed by atoms with Crippen LogP contribution in [0.4, 0.5) is 27.9 Å². The molecular formula is C22H14ClF5N4O. The summed E-state index contributed by atoms with van der Waals surface area (Å²) in [7, 11) is 0. The molecule has 0 spiro atoms. The van der Waals surface area contributed by atoms with E-state index in [1.165, 1.54) is 0 Å². The van der Waals surface area contributed by atoms with Crippen molar-refractivity contribution in [2.45, 2.75) is 31.0 Å². The number of benzene rings is 2. The van der Waals surface area contributed by atoms with E-state index in [0.717, 1.165) is 22.4 Å². The zero-order valence-electron chi connectivity index (χ0n) is 16.6. The largest absolute Gasteiger partial charge is 0.453 e. The van der Waals surface area contributed by atoms with Gasteiger partial charge in [-0.1, -0.05) is 29.8 Å². The fraction of sp³-hybridized carbons (Fsp3) is 0.227. The molecule has 1 aliphatic carbocycles.